The van der Waals surface area contributed by atoms with Crippen molar-refractivity contribution in [3.8, 4) is 0 Å². The van der Waals surface area contributed by atoms with E-state index in [1.807, 2.05) is 7.05 Å². The van der Waals surface area contributed by atoms with Gasteiger partial charge in [0.1, 0.15) is 0 Å². The van der Waals surface area contributed by atoms with E-state index in [1.54, 1.807) is 21.9 Å². The summed E-state index contributed by atoms with van der Waals surface area (Å²) in [7, 11) is 1.81. The van der Waals surface area contributed by atoms with Crippen LogP contribution >= 0.6 is 0 Å². The van der Waals surface area contributed by atoms with E-state index in [0.717, 1.165) is 0 Å². The summed E-state index contributed by atoms with van der Waals surface area (Å²) in [5.41, 5.74) is 0. The number of aryl methyl sites for hydroxylation is 1. The predicted octanol–water partition coefficient (Wildman–Crippen LogP) is 0.863. The molecule has 104 valence electrons. The molecule has 0 saturated carbocycles. The molecule has 0 aromatic carbocycles. The van der Waals surface area contributed by atoms with Gasteiger partial charge in [0, 0.05) is 39.0 Å². The van der Waals surface area contributed by atoms with Gasteiger partial charge in [0.15, 0.2) is 0 Å². The molecule has 19 heavy (non-hydrogen) atoms. The van der Waals surface area contributed by atoms with Crippen LogP contribution in [0.15, 0.2) is 12.4 Å². The van der Waals surface area contributed by atoms with Gasteiger partial charge in [-0.2, -0.15) is 0 Å². The molecule has 1 aromatic rings. The number of amides is 2. The number of carbonyl (C=O) groups is 2. The van der Waals surface area contributed by atoms with Crippen LogP contribution in [0.4, 0.5) is 5.95 Å². The molecule has 2 heterocycles. The number of hydrogen-bond donors (Lipinski definition) is 1. The van der Waals surface area contributed by atoms with Crippen molar-refractivity contribution in [1.29, 1.82) is 0 Å². The average molecular weight is 264 g/mol. The Labute approximate surface area is 112 Å². The highest BCUT2D eigenvalue weighted by Gasteiger charge is 2.34. The standard InChI is InChI=1S/C13H20N4O2/c1-9(2)7-17-8-10(6-11(17)18)12(19)15-13-14-4-5-16(13)3/h4-5,9-10H,6-8H2,1-3H3,(H,14,15,19). The molecular weight excluding hydrogens is 244 g/mol. The lowest BCUT2D eigenvalue weighted by Gasteiger charge is -2.18. The molecule has 0 spiro atoms. The summed E-state index contributed by atoms with van der Waals surface area (Å²) in [5.74, 6) is 0.589. The fourth-order valence-corrected chi connectivity index (χ4v) is 2.26. The van der Waals surface area contributed by atoms with Crippen molar-refractivity contribution in [1.82, 2.24) is 14.5 Å². The molecule has 0 aliphatic carbocycles. The van der Waals surface area contributed by atoms with E-state index in [0.29, 0.717) is 31.4 Å². The SMILES string of the molecule is CC(C)CN1CC(C(=O)Nc2nccn2C)CC1=O. The van der Waals surface area contributed by atoms with Crippen molar-refractivity contribution in [2.45, 2.75) is 20.3 Å². The van der Waals surface area contributed by atoms with Gasteiger partial charge in [-0.25, -0.2) is 4.98 Å². The van der Waals surface area contributed by atoms with E-state index >= 15 is 0 Å². The Bertz CT molecular complexity index is 481. The predicted molar refractivity (Wildman–Crippen MR) is 71.4 cm³/mol. The third kappa shape index (κ3) is 3.13. The van der Waals surface area contributed by atoms with Gasteiger partial charge in [0.2, 0.25) is 17.8 Å². The fraction of sp³-hybridized carbons (Fsp3) is 0.615. The molecule has 2 rings (SSSR count). The molecule has 6 heteroatoms. The Morgan fingerprint density at radius 3 is 2.89 bits per heavy atom. The third-order valence-electron chi connectivity index (χ3n) is 3.23. The van der Waals surface area contributed by atoms with Gasteiger partial charge < -0.3 is 9.47 Å². The molecule has 0 bridgehead atoms. The lowest BCUT2D eigenvalue weighted by atomic mass is 10.1. The van der Waals surface area contributed by atoms with Crippen LogP contribution in [0.2, 0.25) is 0 Å². The van der Waals surface area contributed by atoms with Crippen LogP contribution in [0, 0.1) is 11.8 Å². The van der Waals surface area contributed by atoms with Crippen LogP contribution < -0.4 is 5.32 Å². The van der Waals surface area contributed by atoms with Crippen LogP contribution in [0.25, 0.3) is 0 Å². The van der Waals surface area contributed by atoms with Crippen LogP contribution in [-0.2, 0) is 16.6 Å². The molecule has 1 atom stereocenters. The van der Waals surface area contributed by atoms with Crippen molar-refractivity contribution in [3.63, 3.8) is 0 Å². The number of aromatic nitrogens is 2. The van der Waals surface area contributed by atoms with Crippen molar-refractivity contribution in [2.75, 3.05) is 18.4 Å². The smallest absolute Gasteiger partial charge is 0.232 e. The maximum Gasteiger partial charge on any atom is 0.232 e. The summed E-state index contributed by atoms with van der Waals surface area (Å²) in [4.78, 5) is 29.7. The summed E-state index contributed by atoms with van der Waals surface area (Å²) in [6.45, 7) is 5.35. The topological polar surface area (TPSA) is 67.2 Å². The van der Waals surface area contributed by atoms with Crippen LogP contribution in [0.1, 0.15) is 20.3 Å². The van der Waals surface area contributed by atoms with E-state index in [2.05, 4.69) is 24.1 Å². The van der Waals surface area contributed by atoms with Gasteiger partial charge in [-0.15, -0.1) is 0 Å². The molecule has 1 unspecified atom stereocenters. The monoisotopic (exact) mass is 264 g/mol. The molecule has 1 N–H and O–H groups in total. The first-order chi connectivity index (χ1) is 8.97. The molecule has 2 amide bonds. The number of imidazole rings is 1. The Balaban J connectivity index is 1.95. The number of hydrogen-bond acceptors (Lipinski definition) is 3. The highest BCUT2D eigenvalue weighted by atomic mass is 16.2. The molecule has 1 fully saturated rings. The largest absolute Gasteiger partial charge is 0.342 e. The zero-order valence-electron chi connectivity index (χ0n) is 11.6. The lowest BCUT2D eigenvalue weighted by molar-refractivity contribution is -0.128. The number of nitrogens with one attached hydrogen (secondary N) is 1. The number of rotatable bonds is 4. The average Bonchev–Trinajstić information content (AvgIpc) is 2.87. The molecule has 1 aromatic heterocycles. The quantitative estimate of drug-likeness (QED) is 0.877. The minimum absolute atomic E-state index is 0.0636. The maximum atomic E-state index is 12.1. The number of nitrogens with zero attached hydrogens (tertiary/aromatic N) is 3. The van der Waals surface area contributed by atoms with Crippen molar-refractivity contribution < 1.29 is 9.59 Å². The van der Waals surface area contributed by atoms with Crippen LogP contribution in [0.5, 0.6) is 0 Å². The van der Waals surface area contributed by atoms with Crippen molar-refractivity contribution in [3.05, 3.63) is 12.4 Å². The number of anilines is 1. The third-order valence-corrected chi connectivity index (χ3v) is 3.23. The molecule has 6 nitrogen and oxygen atoms in total. The van der Waals surface area contributed by atoms with Gasteiger partial charge in [0.25, 0.3) is 0 Å². The second-order valence-electron chi connectivity index (χ2n) is 5.44. The van der Waals surface area contributed by atoms with Gasteiger partial charge in [-0.1, -0.05) is 13.8 Å². The van der Waals surface area contributed by atoms with E-state index < -0.39 is 0 Å². The first-order valence-electron chi connectivity index (χ1n) is 6.53. The van der Waals surface area contributed by atoms with Gasteiger partial charge in [0.05, 0.1) is 5.92 Å². The van der Waals surface area contributed by atoms with E-state index in [9.17, 15) is 9.59 Å². The Kier molecular flexibility index (Phi) is 3.87. The van der Waals surface area contributed by atoms with Crippen molar-refractivity contribution in [2.24, 2.45) is 18.9 Å². The van der Waals surface area contributed by atoms with E-state index in [1.165, 1.54) is 0 Å². The normalized spacial score (nSPS) is 19.3. The van der Waals surface area contributed by atoms with Crippen LogP contribution in [-0.4, -0.2) is 39.4 Å². The first-order valence-corrected chi connectivity index (χ1v) is 6.53. The first kappa shape index (κ1) is 13.6. The summed E-state index contributed by atoms with van der Waals surface area (Å²) in [5, 5.41) is 2.76. The number of likely N-dealkylation sites (tertiary alicyclic amines) is 1. The van der Waals surface area contributed by atoms with Crippen molar-refractivity contribution >= 4 is 17.8 Å². The highest BCUT2D eigenvalue weighted by Crippen LogP contribution is 2.20. The Morgan fingerprint density at radius 1 is 1.58 bits per heavy atom. The maximum absolute atomic E-state index is 12.1. The van der Waals surface area contributed by atoms with E-state index in [4.69, 9.17) is 0 Å². The fourth-order valence-electron chi connectivity index (χ4n) is 2.26. The summed E-state index contributed by atoms with van der Waals surface area (Å²) >= 11 is 0. The second-order valence-corrected chi connectivity index (χ2v) is 5.44. The van der Waals surface area contributed by atoms with Gasteiger partial charge in [-0.05, 0) is 5.92 Å². The summed E-state index contributed by atoms with van der Waals surface area (Å²) in [6.07, 6.45) is 3.68. The van der Waals surface area contributed by atoms with E-state index in [-0.39, 0.29) is 17.7 Å². The minimum atomic E-state index is -0.275. The second kappa shape index (κ2) is 5.42. The van der Waals surface area contributed by atoms with Gasteiger partial charge >= 0.3 is 0 Å². The lowest BCUT2D eigenvalue weighted by Crippen LogP contribution is -2.31. The molecular formula is C13H20N4O2. The zero-order valence-corrected chi connectivity index (χ0v) is 11.6. The molecule has 1 aliphatic rings. The molecule has 0 radical (unpaired) electrons. The molecule has 1 saturated heterocycles. The Hall–Kier alpha value is -1.85. The summed E-state index contributed by atoms with van der Waals surface area (Å²) < 4.78 is 1.74. The number of carbonyl (C=O) groups excluding carboxylic acids is 2. The Morgan fingerprint density at radius 2 is 2.32 bits per heavy atom. The van der Waals surface area contributed by atoms with Gasteiger partial charge in [-0.3, -0.25) is 14.9 Å². The summed E-state index contributed by atoms with van der Waals surface area (Å²) in [6, 6.07) is 0. The highest BCUT2D eigenvalue weighted by molar-refractivity contribution is 5.96. The minimum Gasteiger partial charge on any atom is -0.342 e. The molecule has 1 aliphatic heterocycles. The van der Waals surface area contributed by atoms with Crippen LogP contribution in [0.3, 0.4) is 0 Å². The zero-order chi connectivity index (χ0) is 14.0.